The van der Waals surface area contributed by atoms with Gasteiger partial charge in [-0.15, -0.1) is 12.4 Å². The summed E-state index contributed by atoms with van der Waals surface area (Å²) in [7, 11) is 0. The molecule has 1 unspecified atom stereocenters. The van der Waals surface area contributed by atoms with E-state index in [4.69, 9.17) is 9.47 Å². The molecule has 1 aromatic carbocycles. The Hall–Kier alpha value is -2.03. The van der Waals surface area contributed by atoms with E-state index >= 15 is 0 Å². The van der Waals surface area contributed by atoms with E-state index in [9.17, 15) is 14.7 Å². The van der Waals surface area contributed by atoms with Gasteiger partial charge in [0.25, 0.3) is 0 Å². The number of anilines is 1. The number of hydrogen-bond donors (Lipinski definition) is 3. The van der Waals surface area contributed by atoms with Crippen LogP contribution in [-0.2, 0) is 16.0 Å². The second kappa shape index (κ2) is 12.7. The summed E-state index contributed by atoms with van der Waals surface area (Å²) < 4.78 is 11.0. The standard InChI is InChI=1S/C22H33N3O5.ClH/c1-2-3-13-29-22(28)23-16-9-11-25(12-10-16)14-17(26)15-30-20-6-4-5-19-18(20)7-8-21(27)24-19;/h4-6,16-17,26H,2-3,7-15H2,1H3,(H,23,28)(H,24,27);1H. The minimum atomic E-state index is -0.609. The van der Waals surface area contributed by atoms with Crippen LogP contribution in [0, 0.1) is 0 Å². The van der Waals surface area contributed by atoms with Crippen LogP contribution < -0.4 is 15.4 Å². The number of fused-ring (bicyclic) bond motifs is 1. The van der Waals surface area contributed by atoms with E-state index < -0.39 is 6.10 Å². The number of amides is 2. The summed E-state index contributed by atoms with van der Waals surface area (Å²) in [6.45, 7) is 4.87. The van der Waals surface area contributed by atoms with Gasteiger partial charge in [0.05, 0.1) is 6.61 Å². The topological polar surface area (TPSA) is 100 Å². The summed E-state index contributed by atoms with van der Waals surface area (Å²) >= 11 is 0. The molecule has 0 bridgehead atoms. The number of aliphatic hydroxyl groups is 1. The van der Waals surface area contributed by atoms with Crippen LogP contribution in [0.5, 0.6) is 5.75 Å². The van der Waals surface area contributed by atoms with Crippen molar-refractivity contribution < 1.29 is 24.2 Å². The van der Waals surface area contributed by atoms with Crippen LogP contribution in [0.2, 0.25) is 0 Å². The number of rotatable bonds is 9. The first kappa shape index (κ1) is 25.2. The number of unbranched alkanes of at least 4 members (excludes halogenated alkanes) is 1. The number of benzene rings is 1. The third-order valence-corrected chi connectivity index (χ3v) is 5.55. The molecule has 1 aromatic rings. The van der Waals surface area contributed by atoms with Crippen LogP contribution in [-0.4, -0.2) is 67.0 Å². The zero-order valence-electron chi connectivity index (χ0n) is 18.1. The Bertz CT molecular complexity index is 725. The van der Waals surface area contributed by atoms with Crippen LogP contribution in [0.25, 0.3) is 0 Å². The lowest BCUT2D eigenvalue weighted by atomic mass is 10.0. The maximum absolute atomic E-state index is 11.8. The molecule has 0 aliphatic carbocycles. The normalized spacial score (nSPS) is 17.7. The summed E-state index contributed by atoms with van der Waals surface area (Å²) in [6, 6.07) is 5.71. The van der Waals surface area contributed by atoms with Crippen molar-refractivity contribution in [1.29, 1.82) is 0 Å². The van der Waals surface area contributed by atoms with Crippen molar-refractivity contribution in [2.45, 2.75) is 57.6 Å². The Balaban J connectivity index is 0.00000341. The fraction of sp³-hybridized carbons (Fsp3) is 0.636. The van der Waals surface area contributed by atoms with Gasteiger partial charge < -0.3 is 30.1 Å². The van der Waals surface area contributed by atoms with Gasteiger partial charge >= 0.3 is 6.09 Å². The average Bonchev–Trinajstić information content (AvgIpc) is 2.73. The Morgan fingerprint density at radius 1 is 1.32 bits per heavy atom. The average molecular weight is 456 g/mol. The van der Waals surface area contributed by atoms with Gasteiger partial charge in [-0.1, -0.05) is 19.4 Å². The lowest BCUT2D eigenvalue weighted by molar-refractivity contribution is -0.116. The zero-order valence-corrected chi connectivity index (χ0v) is 18.9. The summed E-state index contributed by atoms with van der Waals surface area (Å²) in [4.78, 5) is 25.5. The first-order valence-corrected chi connectivity index (χ1v) is 10.9. The van der Waals surface area contributed by atoms with Crippen LogP contribution in [0.4, 0.5) is 10.5 Å². The molecule has 1 fully saturated rings. The van der Waals surface area contributed by atoms with Gasteiger partial charge in [0.2, 0.25) is 5.91 Å². The molecular formula is C22H34ClN3O5. The highest BCUT2D eigenvalue weighted by Crippen LogP contribution is 2.31. The highest BCUT2D eigenvalue weighted by Gasteiger charge is 2.23. The molecule has 0 aromatic heterocycles. The zero-order chi connectivity index (χ0) is 21.3. The Morgan fingerprint density at radius 3 is 2.84 bits per heavy atom. The smallest absolute Gasteiger partial charge is 0.407 e. The van der Waals surface area contributed by atoms with Gasteiger partial charge in [0.1, 0.15) is 18.5 Å². The van der Waals surface area contributed by atoms with Crippen molar-refractivity contribution in [3.8, 4) is 5.75 Å². The van der Waals surface area contributed by atoms with Crippen molar-refractivity contribution in [3.05, 3.63) is 23.8 Å². The van der Waals surface area contributed by atoms with Gasteiger partial charge in [-0.05, 0) is 37.8 Å². The van der Waals surface area contributed by atoms with E-state index in [-0.39, 0.29) is 37.1 Å². The van der Waals surface area contributed by atoms with Crippen molar-refractivity contribution >= 4 is 30.1 Å². The highest BCUT2D eigenvalue weighted by atomic mass is 35.5. The Kier molecular flexibility index (Phi) is 10.4. The molecule has 0 radical (unpaired) electrons. The highest BCUT2D eigenvalue weighted by molar-refractivity contribution is 5.94. The van der Waals surface area contributed by atoms with Crippen molar-refractivity contribution in [1.82, 2.24) is 10.2 Å². The molecule has 0 spiro atoms. The number of nitrogens with zero attached hydrogens (tertiary/aromatic N) is 1. The van der Waals surface area contributed by atoms with Crippen molar-refractivity contribution in [2.75, 3.05) is 38.2 Å². The van der Waals surface area contributed by atoms with Gasteiger partial charge in [0, 0.05) is 43.3 Å². The molecular weight excluding hydrogens is 422 g/mol. The minimum absolute atomic E-state index is 0. The first-order chi connectivity index (χ1) is 14.5. The maximum Gasteiger partial charge on any atom is 0.407 e. The second-order valence-electron chi connectivity index (χ2n) is 8.00. The van der Waals surface area contributed by atoms with Crippen molar-refractivity contribution in [2.24, 2.45) is 0 Å². The fourth-order valence-corrected chi connectivity index (χ4v) is 3.84. The van der Waals surface area contributed by atoms with E-state index in [0.717, 1.165) is 55.8 Å². The molecule has 1 atom stereocenters. The number of halogens is 1. The molecule has 2 heterocycles. The predicted molar refractivity (Wildman–Crippen MR) is 121 cm³/mol. The van der Waals surface area contributed by atoms with Crippen LogP contribution >= 0.6 is 12.4 Å². The Labute approximate surface area is 190 Å². The lowest BCUT2D eigenvalue weighted by Gasteiger charge is -2.33. The number of likely N-dealkylation sites (tertiary alicyclic amines) is 1. The molecule has 3 rings (SSSR count). The molecule has 2 aliphatic rings. The number of carbonyl (C=O) groups excluding carboxylic acids is 2. The Morgan fingerprint density at radius 2 is 2.10 bits per heavy atom. The van der Waals surface area contributed by atoms with E-state index in [1.807, 2.05) is 18.2 Å². The molecule has 31 heavy (non-hydrogen) atoms. The molecule has 1 saturated heterocycles. The van der Waals surface area contributed by atoms with Crippen molar-refractivity contribution in [3.63, 3.8) is 0 Å². The third kappa shape index (κ3) is 7.87. The number of piperidine rings is 1. The quantitative estimate of drug-likeness (QED) is 0.495. The number of ether oxygens (including phenoxy) is 2. The van der Waals surface area contributed by atoms with E-state index in [1.54, 1.807) is 0 Å². The number of aliphatic hydroxyl groups excluding tert-OH is 1. The molecule has 0 saturated carbocycles. The number of β-amino-alcohol motifs (C(OH)–C–C–N with tert-alkyl or cyclic N) is 1. The summed E-state index contributed by atoms with van der Waals surface area (Å²) in [5.74, 6) is 0.739. The van der Waals surface area contributed by atoms with Crippen LogP contribution in [0.15, 0.2) is 18.2 Å². The SMILES string of the molecule is CCCCOC(=O)NC1CCN(CC(O)COc2cccc3c2CCC(=O)N3)CC1.Cl. The summed E-state index contributed by atoms with van der Waals surface area (Å²) in [5.41, 5.74) is 1.78. The predicted octanol–water partition coefficient (Wildman–Crippen LogP) is 2.72. The molecule has 9 heteroatoms. The van der Waals surface area contributed by atoms with Gasteiger partial charge in [-0.2, -0.15) is 0 Å². The largest absolute Gasteiger partial charge is 0.490 e. The van der Waals surface area contributed by atoms with Gasteiger partial charge in [0.15, 0.2) is 0 Å². The van der Waals surface area contributed by atoms with Gasteiger partial charge in [-0.3, -0.25) is 4.79 Å². The van der Waals surface area contributed by atoms with Gasteiger partial charge in [-0.25, -0.2) is 4.79 Å². The van der Waals surface area contributed by atoms with E-state index in [0.29, 0.717) is 26.0 Å². The molecule has 8 nitrogen and oxygen atoms in total. The number of hydrogen-bond acceptors (Lipinski definition) is 6. The number of carbonyl (C=O) groups is 2. The second-order valence-corrected chi connectivity index (χ2v) is 8.00. The lowest BCUT2D eigenvalue weighted by Crippen LogP contribution is -2.47. The molecule has 2 amide bonds. The summed E-state index contributed by atoms with van der Waals surface area (Å²) in [5, 5.41) is 16.2. The number of alkyl carbamates (subject to hydrolysis) is 1. The molecule has 3 N–H and O–H groups in total. The summed E-state index contributed by atoms with van der Waals surface area (Å²) in [6.07, 6.45) is 3.71. The monoisotopic (exact) mass is 455 g/mol. The van der Waals surface area contributed by atoms with Crippen LogP contribution in [0.1, 0.15) is 44.6 Å². The first-order valence-electron chi connectivity index (χ1n) is 10.9. The molecule has 174 valence electrons. The fourth-order valence-electron chi connectivity index (χ4n) is 3.84. The molecule has 2 aliphatic heterocycles. The third-order valence-electron chi connectivity index (χ3n) is 5.55. The minimum Gasteiger partial charge on any atom is -0.490 e. The van der Waals surface area contributed by atoms with E-state index in [2.05, 4.69) is 22.5 Å². The maximum atomic E-state index is 11.8. The van der Waals surface area contributed by atoms with E-state index in [1.165, 1.54) is 0 Å². The van der Waals surface area contributed by atoms with Crippen LogP contribution in [0.3, 0.4) is 0 Å². The number of nitrogens with one attached hydrogen (secondary N) is 2.